The van der Waals surface area contributed by atoms with Gasteiger partial charge in [0.15, 0.2) is 0 Å². The zero-order valence-electron chi connectivity index (χ0n) is 14.6. The van der Waals surface area contributed by atoms with Crippen molar-refractivity contribution in [2.45, 2.75) is 32.7 Å². The minimum Gasteiger partial charge on any atom is -0.462 e. The molecule has 142 valence electrons. The molecule has 0 rings (SSSR count). The quantitative estimate of drug-likeness (QED) is 0.271. The number of carbonyl (C=O) groups is 4. The van der Waals surface area contributed by atoms with Crippen LogP contribution < -0.4 is 11.1 Å². The lowest BCUT2D eigenvalue weighted by atomic mass is 10.0. The molecule has 9 heteroatoms. The van der Waals surface area contributed by atoms with Crippen LogP contribution in [0.25, 0.3) is 0 Å². The Balaban J connectivity index is 3.92. The van der Waals surface area contributed by atoms with Gasteiger partial charge in [-0.15, -0.1) is 0 Å². The summed E-state index contributed by atoms with van der Waals surface area (Å²) in [5, 5.41) is 2.71. The van der Waals surface area contributed by atoms with Crippen molar-refractivity contribution in [3.05, 3.63) is 12.7 Å². The normalized spacial score (nSPS) is 12.6. The molecule has 2 amide bonds. The number of nitrogens with two attached hydrogens (primary N) is 1. The van der Waals surface area contributed by atoms with Gasteiger partial charge in [0.05, 0.1) is 6.42 Å². The van der Waals surface area contributed by atoms with Crippen LogP contribution in [0, 0.1) is 5.92 Å². The standard InChI is InChI=1S/C16H26N2O6S/c1-4-14(20)23-6-7-24-15(21)5-8-25-10-13(16(17)22)9-11(2)18-12(3)19/h4,11,13H,1,5-10H2,2-3H3,(H2,17,22)(H,18,19). The highest BCUT2D eigenvalue weighted by atomic mass is 32.2. The first kappa shape index (κ1) is 23.0. The van der Waals surface area contributed by atoms with Gasteiger partial charge in [-0.1, -0.05) is 6.58 Å². The lowest BCUT2D eigenvalue weighted by Crippen LogP contribution is -2.36. The topological polar surface area (TPSA) is 125 Å². The van der Waals surface area contributed by atoms with E-state index in [4.69, 9.17) is 10.5 Å². The molecule has 0 radical (unpaired) electrons. The van der Waals surface area contributed by atoms with Crippen LogP contribution in [0.5, 0.6) is 0 Å². The molecule has 0 fully saturated rings. The molecule has 0 aliphatic carbocycles. The van der Waals surface area contributed by atoms with Crippen LogP contribution in [0.1, 0.15) is 26.7 Å². The summed E-state index contributed by atoms with van der Waals surface area (Å²) in [6.07, 6.45) is 1.65. The lowest BCUT2D eigenvalue weighted by molar-refractivity contribution is -0.149. The molecule has 0 aromatic rings. The van der Waals surface area contributed by atoms with E-state index in [0.717, 1.165) is 6.08 Å². The summed E-state index contributed by atoms with van der Waals surface area (Å²) in [7, 11) is 0. The van der Waals surface area contributed by atoms with Crippen molar-refractivity contribution >= 4 is 35.5 Å². The van der Waals surface area contributed by atoms with Crippen molar-refractivity contribution in [1.82, 2.24) is 5.32 Å². The number of esters is 2. The molecular formula is C16H26N2O6S. The third-order valence-corrected chi connectivity index (χ3v) is 4.15. The van der Waals surface area contributed by atoms with Gasteiger partial charge in [-0.25, -0.2) is 4.79 Å². The van der Waals surface area contributed by atoms with E-state index in [-0.39, 0.29) is 37.5 Å². The number of primary amides is 1. The summed E-state index contributed by atoms with van der Waals surface area (Å²) in [6.45, 7) is 6.43. The van der Waals surface area contributed by atoms with Crippen molar-refractivity contribution in [2.75, 3.05) is 24.7 Å². The summed E-state index contributed by atoms with van der Waals surface area (Å²) >= 11 is 1.41. The first-order valence-corrected chi connectivity index (χ1v) is 9.00. The average molecular weight is 374 g/mol. The second-order valence-electron chi connectivity index (χ2n) is 5.35. The highest BCUT2D eigenvalue weighted by Gasteiger charge is 2.19. The second kappa shape index (κ2) is 13.3. The minimum atomic E-state index is -0.572. The Morgan fingerprint density at radius 2 is 1.88 bits per heavy atom. The average Bonchev–Trinajstić information content (AvgIpc) is 2.53. The molecule has 0 saturated heterocycles. The van der Waals surface area contributed by atoms with Gasteiger partial charge >= 0.3 is 11.9 Å². The zero-order chi connectivity index (χ0) is 19.2. The highest BCUT2D eigenvalue weighted by molar-refractivity contribution is 7.99. The Morgan fingerprint density at radius 1 is 1.24 bits per heavy atom. The number of rotatable bonds is 13. The number of hydrogen-bond donors (Lipinski definition) is 2. The molecule has 0 saturated carbocycles. The summed E-state index contributed by atoms with van der Waals surface area (Å²) in [5.74, 6) is -1.03. The molecule has 25 heavy (non-hydrogen) atoms. The number of hydrogen-bond acceptors (Lipinski definition) is 7. The van der Waals surface area contributed by atoms with E-state index < -0.39 is 17.8 Å². The third-order valence-electron chi connectivity index (χ3n) is 3.02. The third kappa shape index (κ3) is 13.0. The maximum Gasteiger partial charge on any atom is 0.330 e. The summed E-state index contributed by atoms with van der Waals surface area (Å²) < 4.78 is 9.57. The minimum absolute atomic E-state index is 0.0127. The maximum absolute atomic E-state index is 11.5. The van der Waals surface area contributed by atoms with Crippen LogP contribution in [0.15, 0.2) is 12.7 Å². The van der Waals surface area contributed by atoms with E-state index in [9.17, 15) is 19.2 Å². The summed E-state index contributed by atoms with van der Waals surface area (Å²) in [4.78, 5) is 44.7. The smallest absolute Gasteiger partial charge is 0.330 e. The number of ether oxygens (including phenoxy) is 2. The van der Waals surface area contributed by atoms with Crippen molar-refractivity contribution < 1.29 is 28.7 Å². The first-order valence-electron chi connectivity index (χ1n) is 7.85. The van der Waals surface area contributed by atoms with Crippen molar-refractivity contribution in [3.63, 3.8) is 0 Å². The maximum atomic E-state index is 11.5. The van der Waals surface area contributed by atoms with Crippen LogP contribution in [0.2, 0.25) is 0 Å². The van der Waals surface area contributed by atoms with Crippen LogP contribution in [0.4, 0.5) is 0 Å². The monoisotopic (exact) mass is 374 g/mol. The molecule has 2 unspecified atom stereocenters. The number of thioether (sulfide) groups is 1. The predicted molar refractivity (Wildman–Crippen MR) is 94.6 cm³/mol. The SMILES string of the molecule is C=CC(=O)OCCOC(=O)CCSCC(CC(C)NC(C)=O)C(N)=O. The molecule has 0 aliphatic heterocycles. The predicted octanol–water partition coefficient (Wildman–Crippen LogP) is 0.398. The molecule has 2 atom stereocenters. The van der Waals surface area contributed by atoms with Gasteiger partial charge in [0, 0.05) is 36.5 Å². The highest BCUT2D eigenvalue weighted by Crippen LogP contribution is 2.15. The molecule has 0 heterocycles. The second-order valence-corrected chi connectivity index (χ2v) is 6.50. The van der Waals surface area contributed by atoms with Crippen LogP contribution in [-0.2, 0) is 28.7 Å². The lowest BCUT2D eigenvalue weighted by Gasteiger charge is -2.18. The molecule has 8 nitrogen and oxygen atoms in total. The van der Waals surface area contributed by atoms with Crippen LogP contribution >= 0.6 is 11.8 Å². The molecule has 0 aliphatic rings. The van der Waals surface area contributed by atoms with Crippen LogP contribution in [-0.4, -0.2) is 54.5 Å². The Kier molecular flexibility index (Phi) is 12.2. The largest absolute Gasteiger partial charge is 0.462 e. The van der Waals surface area contributed by atoms with Crippen molar-refractivity contribution in [3.8, 4) is 0 Å². The number of carbonyl (C=O) groups excluding carboxylic acids is 4. The van der Waals surface area contributed by atoms with Gasteiger partial charge in [0.2, 0.25) is 11.8 Å². The zero-order valence-corrected chi connectivity index (χ0v) is 15.4. The van der Waals surface area contributed by atoms with E-state index >= 15 is 0 Å². The van der Waals surface area contributed by atoms with E-state index in [1.165, 1.54) is 18.7 Å². The molecule has 0 spiro atoms. The van der Waals surface area contributed by atoms with E-state index in [1.54, 1.807) is 6.92 Å². The van der Waals surface area contributed by atoms with Gasteiger partial charge in [0.1, 0.15) is 13.2 Å². The van der Waals surface area contributed by atoms with Gasteiger partial charge in [-0.05, 0) is 13.3 Å². The van der Waals surface area contributed by atoms with Gasteiger partial charge in [-0.3, -0.25) is 14.4 Å². The summed E-state index contributed by atoms with van der Waals surface area (Å²) in [6, 6.07) is -0.154. The Hall–Kier alpha value is -2.03. The van der Waals surface area contributed by atoms with Gasteiger partial charge in [0.25, 0.3) is 0 Å². The summed E-state index contributed by atoms with van der Waals surface area (Å²) in [5.41, 5.74) is 5.37. The Bertz CT molecular complexity index is 483. The molecule has 0 aromatic heterocycles. The Labute approximate surface area is 151 Å². The van der Waals surface area contributed by atoms with Gasteiger partial charge < -0.3 is 20.5 Å². The van der Waals surface area contributed by atoms with Gasteiger partial charge in [-0.2, -0.15) is 11.8 Å². The Morgan fingerprint density at radius 3 is 2.44 bits per heavy atom. The van der Waals surface area contributed by atoms with E-state index in [2.05, 4.69) is 16.6 Å². The fourth-order valence-corrected chi connectivity index (χ4v) is 2.97. The van der Waals surface area contributed by atoms with Crippen molar-refractivity contribution in [1.29, 1.82) is 0 Å². The van der Waals surface area contributed by atoms with E-state index in [0.29, 0.717) is 17.9 Å². The number of nitrogens with one attached hydrogen (secondary N) is 1. The van der Waals surface area contributed by atoms with Crippen LogP contribution in [0.3, 0.4) is 0 Å². The molecular weight excluding hydrogens is 348 g/mol. The first-order chi connectivity index (χ1) is 11.8. The number of amides is 2. The fraction of sp³-hybridized carbons (Fsp3) is 0.625. The molecule has 0 aromatic carbocycles. The van der Waals surface area contributed by atoms with Crippen molar-refractivity contribution in [2.24, 2.45) is 11.7 Å². The molecule has 0 bridgehead atoms. The molecule has 3 N–H and O–H groups in total. The fourth-order valence-electron chi connectivity index (χ4n) is 1.91. The van der Waals surface area contributed by atoms with E-state index in [1.807, 2.05) is 0 Å².